The number of carbonyl (C=O) groups is 1. The number of aryl methyl sites for hydroxylation is 1. The molecule has 0 amide bonds. The first-order chi connectivity index (χ1) is 11.4. The Bertz CT molecular complexity index is 859. The second-order valence-electron chi connectivity index (χ2n) is 6.03. The van der Waals surface area contributed by atoms with Crippen LogP contribution in [0.1, 0.15) is 39.5 Å². The minimum Gasteiger partial charge on any atom is -0.478 e. The van der Waals surface area contributed by atoms with Gasteiger partial charge in [0, 0.05) is 13.1 Å². The van der Waals surface area contributed by atoms with Crippen molar-refractivity contribution >= 4 is 16.0 Å². The molecule has 1 aliphatic rings. The van der Waals surface area contributed by atoms with E-state index in [0.717, 1.165) is 18.4 Å². The van der Waals surface area contributed by atoms with E-state index in [2.05, 4.69) is 0 Å². The Morgan fingerprint density at radius 2 is 1.83 bits per heavy atom. The van der Waals surface area contributed by atoms with Gasteiger partial charge in [0.25, 0.3) is 0 Å². The highest BCUT2D eigenvalue weighted by atomic mass is 32.2. The smallest absolute Gasteiger partial charge is 0.335 e. The van der Waals surface area contributed by atoms with Crippen LogP contribution in [0.5, 0.6) is 0 Å². The lowest BCUT2D eigenvalue weighted by molar-refractivity contribution is 0.0697. The van der Waals surface area contributed by atoms with Crippen LogP contribution in [-0.4, -0.2) is 30.8 Å². The summed E-state index contributed by atoms with van der Waals surface area (Å²) in [5.41, 5.74) is 3.01. The summed E-state index contributed by atoms with van der Waals surface area (Å²) in [7, 11) is -1.87. The molecule has 0 saturated carbocycles. The minimum absolute atomic E-state index is 0.135. The van der Waals surface area contributed by atoms with Crippen molar-refractivity contribution in [2.24, 2.45) is 0 Å². The topological polar surface area (TPSA) is 74.7 Å². The fraction of sp³-hybridized carbons (Fsp3) is 0.278. The van der Waals surface area contributed by atoms with Gasteiger partial charge in [-0.05, 0) is 41.7 Å². The van der Waals surface area contributed by atoms with Gasteiger partial charge < -0.3 is 5.11 Å². The molecule has 0 saturated heterocycles. The van der Waals surface area contributed by atoms with Gasteiger partial charge in [0.15, 0.2) is 0 Å². The number of carboxylic acid groups (broad SMARTS) is 1. The predicted octanol–water partition coefficient (Wildman–Crippen LogP) is 2.83. The normalized spacial score (nSPS) is 17.0. The highest BCUT2D eigenvalue weighted by Gasteiger charge is 2.32. The van der Waals surface area contributed by atoms with E-state index in [9.17, 15) is 13.2 Å². The zero-order chi connectivity index (χ0) is 17.3. The zero-order valence-corrected chi connectivity index (χ0v) is 14.2. The number of carboxylic acids is 1. The Morgan fingerprint density at radius 3 is 2.50 bits per heavy atom. The summed E-state index contributed by atoms with van der Waals surface area (Å²) in [6.45, 7) is 0. The van der Waals surface area contributed by atoms with Crippen LogP contribution in [0.3, 0.4) is 0 Å². The maximum absolute atomic E-state index is 12.7. The zero-order valence-electron chi connectivity index (χ0n) is 13.3. The molecule has 1 aliphatic carbocycles. The van der Waals surface area contributed by atoms with E-state index in [-0.39, 0.29) is 17.4 Å². The van der Waals surface area contributed by atoms with Gasteiger partial charge >= 0.3 is 5.97 Å². The molecule has 1 atom stereocenters. The number of nitrogens with zero attached hydrogens (tertiary/aromatic N) is 1. The summed E-state index contributed by atoms with van der Waals surface area (Å²) in [4.78, 5) is 10.9. The summed E-state index contributed by atoms with van der Waals surface area (Å²) in [6, 6.07) is 13.8. The maximum Gasteiger partial charge on any atom is 0.335 e. The molecule has 0 bridgehead atoms. The molecule has 126 valence electrons. The Morgan fingerprint density at radius 1 is 1.17 bits per heavy atom. The number of benzene rings is 2. The van der Waals surface area contributed by atoms with Gasteiger partial charge in [0.1, 0.15) is 0 Å². The molecule has 0 aromatic heterocycles. The summed E-state index contributed by atoms with van der Waals surface area (Å²) < 4.78 is 26.9. The van der Waals surface area contributed by atoms with Crippen molar-refractivity contribution in [2.75, 3.05) is 7.05 Å². The number of fused-ring (bicyclic) bond motifs is 1. The SMILES string of the molecule is CN(C1CCc2ccccc21)S(=O)(=O)Cc1ccc(C(=O)O)cc1. The molecular formula is C18H19NO4S. The van der Waals surface area contributed by atoms with Crippen molar-refractivity contribution in [1.82, 2.24) is 4.31 Å². The minimum atomic E-state index is -3.49. The second kappa shape index (κ2) is 6.37. The van der Waals surface area contributed by atoms with E-state index < -0.39 is 16.0 Å². The quantitative estimate of drug-likeness (QED) is 0.904. The lowest BCUT2D eigenvalue weighted by Gasteiger charge is -2.25. The lowest BCUT2D eigenvalue weighted by atomic mass is 10.1. The second-order valence-corrected chi connectivity index (χ2v) is 8.06. The maximum atomic E-state index is 12.7. The fourth-order valence-corrected chi connectivity index (χ4v) is 4.59. The molecule has 0 heterocycles. The Labute approximate surface area is 141 Å². The molecule has 1 unspecified atom stereocenters. The summed E-state index contributed by atoms with van der Waals surface area (Å²) >= 11 is 0. The van der Waals surface area contributed by atoms with Crippen LogP contribution in [0.4, 0.5) is 0 Å². The van der Waals surface area contributed by atoms with E-state index in [1.165, 1.54) is 22.0 Å². The molecule has 2 aromatic carbocycles. The third-order valence-corrected chi connectivity index (χ3v) is 6.36. The molecule has 1 N–H and O–H groups in total. The fourth-order valence-electron chi connectivity index (χ4n) is 3.16. The summed E-state index contributed by atoms with van der Waals surface area (Å²) in [6.07, 6.45) is 1.67. The van der Waals surface area contributed by atoms with Crippen LogP contribution in [-0.2, 0) is 22.2 Å². The van der Waals surface area contributed by atoms with Crippen molar-refractivity contribution < 1.29 is 18.3 Å². The van der Waals surface area contributed by atoms with Gasteiger partial charge in [-0.2, -0.15) is 4.31 Å². The van der Waals surface area contributed by atoms with Gasteiger partial charge in [-0.15, -0.1) is 0 Å². The average Bonchev–Trinajstić information content (AvgIpc) is 2.98. The van der Waals surface area contributed by atoms with E-state index in [1.807, 2.05) is 24.3 Å². The molecule has 0 fully saturated rings. The standard InChI is InChI=1S/C18H19NO4S/c1-19(17-11-10-14-4-2-3-5-16(14)17)24(22,23)12-13-6-8-15(9-7-13)18(20)21/h2-9,17H,10-12H2,1H3,(H,20,21). The molecule has 3 rings (SSSR count). The van der Waals surface area contributed by atoms with Crippen molar-refractivity contribution in [3.8, 4) is 0 Å². The average molecular weight is 345 g/mol. The Kier molecular flexibility index (Phi) is 4.43. The van der Waals surface area contributed by atoms with Crippen LogP contribution < -0.4 is 0 Å². The molecular weight excluding hydrogens is 326 g/mol. The van der Waals surface area contributed by atoms with E-state index in [0.29, 0.717) is 5.56 Å². The molecule has 2 aromatic rings. The van der Waals surface area contributed by atoms with Crippen LogP contribution in [0.2, 0.25) is 0 Å². The monoisotopic (exact) mass is 345 g/mol. The van der Waals surface area contributed by atoms with Crippen molar-refractivity contribution in [3.63, 3.8) is 0 Å². The highest BCUT2D eigenvalue weighted by Crippen LogP contribution is 2.36. The first-order valence-electron chi connectivity index (χ1n) is 7.74. The molecule has 0 radical (unpaired) electrons. The van der Waals surface area contributed by atoms with Crippen LogP contribution >= 0.6 is 0 Å². The lowest BCUT2D eigenvalue weighted by Crippen LogP contribution is -2.31. The molecule has 0 aliphatic heterocycles. The van der Waals surface area contributed by atoms with Gasteiger partial charge in [-0.3, -0.25) is 0 Å². The van der Waals surface area contributed by atoms with E-state index in [1.54, 1.807) is 19.2 Å². The third kappa shape index (κ3) is 3.20. The first kappa shape index (κ1) is 16.7. The number of rotatable bonds is 5. The number of aromatic carboxylic acids is 1. The first-order valence-corrected chi connectivity index (χ1v) is 9.35. The number of sulfonamides is 1. The van der Waals surface area contributed by atoms with Crippen LogP contribution in [0, 0.1) is 0 Å². The molecule has 6 heteroatoms. The molecule has 5 nitrogen and oxygen atoms in total. The Balaban J connectivity index is 1.79. The summed E-state index contributed by atoms with van der Waals surface area (Å²) in [5.74, 6) is -1.16. The van der Waals surface area contributed by atoms with E-state index in [4.69, 9.17) is 5.11 Å². The van der Waals surface area contributed by atoms with Crippen molar-refractivity contribution in [3.05, 3.63) is 70.8 Å². The van der Waals surface area contributed by atoms with Gasteiger partial charge in [0.05, 0.1) is 11.3 Å². The predicted molar refractivity (Wildman–Crippen MR) is 91.3 cm³/mol. The van der Waals surface area contributed by atoms with Crippen LogP contribution in [0.15, 0.2) is 48.5 Å². The van der Waals surface area contributed by atoms with Crippen molar-refractivity contribution in [1.29, 1.82) is 0 Å². The van der Waals surface area contributed by atoms with Crippen molar-refractivity contribution in [2.45, 2.75) is 24.6 Å². The Hall–Kier alpha value is -2.18. The van der Waals surface area contributed by atoms with E-state index >= 15 is 0 Å². The highest BCUT2D eigenvalue weighted by molar-refractivity contribution is 7.88. The van der Waals surface area contributed by atoms with Gasteiger partial charge in [0.2, 0.25) is 10.0 Å². The number of hydrogen-bond acceptors (Lipinski definition) is 3. The third-order valence-electron chi connectivity index (χ3n) is 4.53. The number of hydrogen-bond donors (Lipinski definition) is 1. The summed E-state index contributed by atoms with van der Waals surface area (Å²) in [5, 5.41) is 8.91. The van der Waals surface area contributed by atoms with Gasteiger partial charge in [-0.1, -0.05) is 36.4 Å². The molecule has 0 spiro atoms. The van der Waals surface area contributed by atoms with Gasteiger partial charge in [-0.25, -0.2) is 13.2 Å². The molecule has 24 heavy (non-hydrogen) atoms. The largest absolute Gasteiger partial charge is 0.478 e. The van der Waals surface area contributed by atoms with Crippen LogP contribution in [0.25, 0.3) is 0 Å².